The molecule has 102 valence electrons. The predicted octanol–water partition coefficient (Wildman–Crippen LogP) is 3.57. The third-order valence-corrected chi connectivity index (χ3v) is 2.62. The minimum Gasteiger partial charge on any atom is -0.462 e. The van der Waals surface area contributed by atoms with E-state index in [1.807, 2.05) is 0 Å². The molecule has 0 aliphatic heterocycles. The fraction of sp³-hybridized carbons (Fsp3) is 0.125. The van der Waals surface area contributed by atoms with Gasteiger partial charge in [0.05, 0.1) is 17.9 Å². The van der Waals surface area contributed by atoms with Gasteiger partial charge >= 0.3 is 5.97 Å². The molecule has 1 aromatic heterocycles. The van der Waals surface area contributed by atoms with Crippen LogP contribution in [0.25, 0.3) is 12.2 Å². The van der Waals surface area contributed by atoms with Crippen LogP contribution in [0.3, 0.4) is 0 Å². The monoisotopic (exact) mass is 271 g/mol. The van der Waals surface area contributed by atoms with Gasteiger partial charge < -0.3 is 4.74 Å². The number of halogens is 1. The lowest BCUT2D eigenvalue weighted by Gasteiger charge is -2.04. The second-order valence-corrected chi connectivity index (χ2v) is 4.05. The number of rotatable bonds is 4. The first kappa shape index (κ1) is 13.9. The number of hydrogen-bond acceptors (Lipinski definition) is 3. The molecule has 0 aliphatic carbocycles. The molecule has 0 atom stereocenters. The highest BCUT2D eigenvalue weighted by atomic mass is 19.1. The first-order valence-electron chi connectivity index (χ1n) is 6.26. The van der Waals surface area contributed by atoms with Gasteiger partial charge in [-0.05, 0) is 42.8 Å². The summed E-state index contributed by atoms with van der Waals surface area (Å²) in [6.45, 7) is 2.05. The summed E-state index contributed by atoms with van der Waals surface area (Å²) in [4.78, 5) is 15.9. The van der Waals surface area contributed by atoms with Gasteiger partial charge in [-0.25, -0.2) is 9.18 Å². The van der Waals surface area contributed by atoms with E-state index in [9.17, 15) is 9.18 Å². The molecule has 0 amide bonds. The van der Waals surface area contributed by atoms with E-state index in [1.54, 1.807) is 49.5 Å². The van der Waals surface area contributed by atoms with Crippen LogP contribution < -0.4 is 0 Å². The molecule has 0 saturated carbocycles. The van der Waals surface area contributed by atoms with E-state index in [0.717, 1.165) is 0 Å². The van der Waals surface area contributed by atoms with Gasteiger partial charge in [-0.2, -0.15) is 0 Å². The summed E-state index contributed by atoms with van der Waals surface area (Å²) < 4.78 is 18.0. The van der Waals surface area contributed by atoms with E-state index >= 15 is 0 Å². The molecule has 0 fully saturated rings. The van der Waals surface area contributed by atoms with Gasteiger partial charge in [-0.1, -0.05) is 18.2 Å². The molecule has 0 spiro atoms. The van der Waals surface area contributed by atoms with E-state index in [1.165, 1.54) is 12.1 Å². The highest BCUT2D eigenvalue weighted by Gasteiger charge is 2.10. The number of benzene rings is 1. The Bertz CT molecular complexity index is 638. The first-order chi connectivity index (χ1) is 9.70. The van der Waals surface area contributed by atoms with E-state index in [2.05, 4.69) is 4.98 Å². The Balaban J connectivity index is 2.27. The molecule has 0 N–H and O–H groups in total. The molecule has 1 heterocycles. The van der Waals surface area contributed by atoms with Gasteiger partial charge in [0.2, 0.25) is 0 Å². The Hall–Kier alpha value is -2.49. The molecule has 20 heavy (non-hydrogen) atoms. The smallest absolute Gasteiger partial charge is 0.340 e. The minimum absolute atomic E-state index is 0.306. The number of hydrogen-bond donors (Lipinski definition) is 0. The van der Waals surface area contributed by atoms with E-state index in [-0.39, 0.29) is 5.82 Å². The second kappa shape index (κ2) is 6.61. The molecule has 4 heteroatoms. The Labute approximate surface area is 116 Å². The van der Waals surface area contributed by atoms with Crippen LogP contribution in [0.1, 0.15) is 28.5 Å². The summed E-state index contributed by atoms with van der Waals surface area (Å²) in [6.07, 6.45) is 4.96. The topological polar surface area (TPSA) is 39.2 Å². The first-order valence-corrected chi connectivity index (χ1v) is 6.26. The number of ether oxygens (including phenoxy) is 1. The molecular formula is C16H14FNO2. The summed E-state index contributed by atoms with van der Waals surface area (Å²) in [5.74, 6) is -0.724. The number of aromatic nitrogens is 1. The number of pyridine rings is 1. The van der Waals surface area contributed by atoms with Gasteiger partial charge in [-0.3, -0.25) is 4.98 Å². The van der Waals surface area contributed by atoms with Gasteiger partial charge in [-0.15, -0.1) is 0 Å². The molecular weight excluding hydrogens is 257 g/mol. The van der Waals surface area contributed by atoms with Crippen LogP contribution in [-0.2, 0) is 4.74 Å². The number of nitrogens with zero attached hydrogens (tertiary/aromatic N) is 1. The molecule has 0 saturated heterocycles. The standard InChI is InChI=1S/C16H14FNO2/c1-2-20-16(19)14-7-4-10-18-15(14)9-8-12-5-3-6-13(17)11-12/h3-11H,2H2,1H3. The molecule has 2 rings (SSSR count). The van der Waals surface area contributed by atoms with Crippen LogP contribution in [0.5, 0.6) is 0 Å². The van der Waals surface area contributed by atoms with E-state index < -0.39 is 5.97 Å². The summed E-state index contributed by atoms with van der Waals surface area (Å²) in [5, 5.41) is 0. The van der Waals surface area contributed by atoms with Crippen LogP contribution in [0.15, 0.2) is 42.6 Å². The summed E-state index contributed by atoms with van der Waals surface area (Å²) in [5.41, 5.74) is 1.59. The third-order valence-electron chi connectivity index (χ3n) is 2.62. The maximum absolute atomic E-state index is 13.1. The van der Waals surface area contributed by atoms with Crippen molar-refractivity contribution in [2.75, 3.05) is 6.61 Å². The maximum atomic E-state index is 13.1. The fourth-order valence-corrected chi connectivity index (χ4v) is 1.72. The van der Waals surface area contributed by atoms with Crippen molar-refractivity contribution in [2.45, 2.75) is 6.92 Å². The average Bonchev–Trinajstić information content (AvgIpc) is 2.46. The SMILES string of the molecule is CCOC(=O)c1cccnc1C=Cc1cccc(F)c1. The van der Waals surface area contributed by atoms with Crippen molar-refractivity contribution < 1.29 is 13.9 Å². The van der Waals surface area contributed by atoms with Crippen LogP contribution in [0, 0.1) is 5.82 Å². The molecule has 0 aliphatic rings. The zero-order valence-corrected chi connectivity index (χ0v) is 11.0. The molecule has 0 radical (unpaired) electrons. The Morgan fingerprint density at radius 3 is 2.90 bits per heavy atom. The van der Waals surface area contributed by atoms with E-state index in [0.29, 0.717) is 23.4 Å². The average molecular weight is 271 g/mol. The lowest BCUT2D eigenvalue weighted by Crippen LogP contribution is -2.07. The van der Waals surface area contributed by atoms with Crippen molar-refractivity contribution in [3.63, 3.8) is 0 Å². The normalized spacial score (nSPS) is 10.7. The molecule has 3 nitrogen and oxygen atoms in total. The predicted molar refractivity (Wildman–Crippen MR) is 75.5 cm³/mol. The van der Waals surface area contributed by atoms with Crippen molar-refractivity contribution in [3.05, 3.63) is 65.2 Å². The lowest BCUT2D eigenvalue weighted by atomic mass is 10.1. The van der Waals surface area contributed by atoms with Crippen LogP contribution in [0.4, 0.5) is 4.39 Å². The van der Waals surface area contributed by atoms with Crippen molar-refractivity contribution in [1.29, 1.82) is 0 Å². The minimum atomic E-state index is -0.417. The van der Waals surface area contributed by atoms with Crippen LogP contribution >= 0.6 is 0 Å². The maximum Gasteiger partial charge on any atom is 0.340 e. The largest absolute Gasteiger partial charge is 0.462 e. The zero-order chi connectivity index (χ0) is 14.4. The highest BCUT2D eigenvalue weighted by Crippen LogP contribution is 2.13. The summed E-state index contributed by atoms with van der Waals surface area (Å²) in [6, 6.07) is 9.50. The van der Waals surface area contributed by atoms with Crippen molar-refractivity contribution >= 4 is 18.1 Å². The lowest BCUT2D eigenvalue weighted by molar-refractivity contribution is 0.0525. The third kappa shape index (κ3) is 3.51. The Morgan fingerprint density at radius 1 is 1.30 bits per heavy atom. The second-order valence-electron chi connectivity index (χ2n) is 4.05. The molecule has 0 bridgehead atoms. The number of esters is 1. The van der Waals surface area contributed by atoms with Gasteiger partial charge in [0, 0.05) is 6.20 Å². The quantitative estimate of drug-likeness (QED) is 0.798. The summed E-state index contributed by atoms with van der Waals surface area (Å²) >= 11 is 0. The van der Waals surface area contributed by atoms with Crippen LogP contribution in [0.2, 0.25) is 0 Å². The van der Waals surface area contributed by atoms with Crippen molar-refractivity contribution in [3.8, 4) is 0 Å². The Morgan fingerprint density at radius 2 is 2.15 bits per heavy atom. The number of carbonyl (C=O) groups is 1. The van der Waals surface area contributed by atoms with Crippen molar-refractivity contribution in [2.24, 2.45) is 0 Å². The summed E-state index contributed by atoms with van der Waals surface area (Å²) in [7, 11) is 0. The van der Waals surface area contributed by atoms with E-state index in [4.69, 9.17) is 4.74 Å². The van der Waals surface area contributed by atoms with Gasteiger partial charge in [0.1, 0.15) is 5.82 Å². The van der Waals surface area contributed by atoms with Crippen LogP contribution in [-0.4, -0.2) is 17.6 Å². The molecule has 2 aromatic rings. The fourth-order valence-electron chi connectivity index (χ4n) is 1.72. The highest BCUT2D eigenvalue weighted by molar-refractivity contribution is 5.93. The number of carbonyl (C=O) groups excluding carboxylic acids is 1. The Kier molecular flexibility index (Phi) is 4.60. The van der Waals surface area contributed by atoms with Gasteiger partial charge in [0.15, 0.2) is 0 Å². The van der Waals surface area contributed by atoms with Crippen molar-refractivity contribution in [1.82, 2.24) is 4.98 Å². The van der Waals surface area contributed by atoms with Gasteiger partial charge in [0.25, 0.3) is 0 Å². The zero-order valence-electron chi connectivity index (χ0n) is 11.0. The molecule has 0 unspecified atom stereocenters. The molecule has 1 aromatic carbocycles.